The first-order valence-corrected chi connectivity index (χ1v) is 24.4. The fourth-order valence-corrected chi connectivity index (χ4v) is 9.97. The highest BCUT2D eigenvalue weighted by molar-refractivity contribution is 7.13. The molecule has 368 valence electrons. The number of thiazole rings is 1. The molecule has 3 amide bonds. The number of phenolic OH excluding ortho intramolecular Hbond substituents is 1. The lowest BCUT2D eigenvalue weighted by Gasteiger charge is -2.47. The smallest absolute Gasteiger partial charge is 0.490 e. The van der Waals surface area contributed by atoms with Gasteiger partial charge in [-0.15, -0.1) is 11.3 Å². The van der Waals surface area contributed by atoms with E-state index >= 15 is 0 Å². The molecule has 0 bridgehead atoms. The number of aromatic hydroxyl groups is 1. The summed E-state index contributed by atoms with van der Waals surface area (Å²) in [6.07, 6.45) is 9.10. The van der Waals surface area contributed by atoms with Gasteiger partial charge in [-0.05, 0) is 80.7 Å². The van der Waals surface area contributed by atoms with E-state index in [4.69, 9.17) is 24.1 Å². The van der Waals surface area contributed by atoms with Crippen LogP contribution in [0.4, 0.5) is 18.9 Å². The fourth-order valence-electron chi connectivity index (χ4n) is 9.05. The molecule has 3 aliphatic heterocycles. The van der Waals surface area contributed by atoms with Crippen LogP contribution in [0.5, 0.6) is 11.5 Å². The number of ether oxygens (including phenoxy) is 3. The molecule has 3 aromatic rings. The average molecular weight is 959 g/mol. The second kappa shape index (κ2) is 25.0. The molecule has 4 aliphatic rings. The zero-order chi connectivity index (χ0) is 47.8. The molecule has 15 nitrogen and oxygen atoms in total. The first-order chi connectivity index (χ1) is 32.2. The predicted octanol–water partition coefficient (Wildman–Crippen LogP) is 6.61. The van der Waals surface area contributed by atoms with Crippen molar-refractivity contribution in [3.63, 3.8) is 0 Å². The van der Waals surface area contributed by atoms with E-state index < -0.39 is 12.1 Å². The van der Waals surface area contributed by atoms with E-state index in [0.717, 1.165) is 99.3 Å². The van der Waals surface area contributed by atoms with Gasteiger partial charge in [0.2, 0.25) is 5.91 Å². The molecule has 2 saturated heterocycles. The van der Waals surface area contributed by atoms with Crippen molar-refractivity contribution < 1.29 is 56.8 Å². The number of phenols is 1. The molecule has 19 heteroatoms. The van der Waals surface area contributed by atoms with Crippen LogP contribution in [0.3, 0.4) is 0 Å². The van der Waals surface area contributed by atoms with E-state index in [-0.39, 0.29) is 41.7 Å². The van der Waals surface area contributed by atoms with Crippen LogP contribution in [0.2, 0.25) is 0 Å². The zero-order valence-corrected chi connectivity index (χ0v) is 39.2. The minimum Gasteiger partial charge on any atom is -0.506 e. The third-order valence-corrected chi connectivity index (χ3v) is 13.8. The highest BCUT2D eigenvalue weighted by Crippen LogP contribution is 2.39. The Hall–Kier alpha value is -4.82. The van der Waals surface area contributed by atoms with Crippen LogP contribution >= 0.6 is 11.3 Å². The van der Waals surface area contributed by atoms with Gasteiger partial charge >= 0.3 is 12.1 Å². The van der Waals surface area contributed by atoms with E-state index in [1.807, 2.05) is 11.0 Å². The molecule has 1 saturated carbocycles. The summed E-state index contributed by atoms with van der Waals surface area (Å²) in [5.74, 6) is -2.27. The summed E-state index contributed by atoms with van der Waals surface area (Å²) in [7, 11) is 0. The molecule has 3 fully saturated rings. The summed E-state index contributed by atoms with van der Waals surface area (Å²) >= 11 is 1.54. The number of rotatable bonds is 19. The van der Waals surface area contributed by atoms with Crippen molar-refractivity contribution in [2.75, 3.05) is 77.6 Å². The Morgan fingerprint density at radius 2 is 1.79 bits per heavy atom. The van der Waals surface area contributed by atoms with Crippen LogP contribution in [0.1, 0.15) is 103 Å². The first-order valence-electron chi connectivity index (χ1n) is 23.6. The van der Waals surface area contributed by atoms with E-state index in [2.05, 4.69) is 56.6 Å². The van der Waals surface area contributed by atoms with Crippen LogP contribution in [0, 0.1) is 0 Å². The number of carbonyl (C=O) groups is 4. The number of aromatic nitrogens is 1. The molecule has 0 radical (unpaired) electrons. The van der Waals surface area contributed by atoms with Crippen LogP contribution in [0.25, 0.3) is 0 Å². The summed E-state index contributed by atoms with van der Waals surface area (Å²) in [5.41, 5.74) is 3.48. The average Bonchev–Trinajstić information content (AvgIpc) is 3.80. The largest absolute Gasteiger partial charge is 0.506 e. The molecule has 1 spiro atoms. The van der Waals surface area contributed by atoms with E-state index in [9.17, 15) is 32.7 Å². The van der Waals surface area contributed by atoms with Gasteiger partial charge in [-0.1, -0.05) is 62.9 Å². The van der Waals surface area contributed by atoms with Crippen molar-refractivity contribution >= 4 is 40.7 Å². The van der Waals surface area contributed by atoms with Crippen LogP contribution in [-0.4, -0.2) is 144 Å². The number of morpholine rings is 1. The fraction of sp³-hybridized carbons (Fsp3) is 0.604. The van der Waals surface area contributed by atoms with Gasteiger partial charge in [0.25, 0.3) is 11.8 Å². The van der Waals surface area contributed by atoms with Gasteiger partial charge in [-0.25, -0.2) is 9.78 Å². The third kappa shape index (κ3) is 15.3. The second-order valence-corrected chi connectivity index (χ2v) is 18.8. The van der Waals surface area contributed by atoms with Crippen molar-refractivity contribution in [2.24, 2.45) is 0 Å². The lowest BCUT2D eigenvalue weighted by Crippen LogP contribution is -2.57. The van der Waals surface area contributed by atoms with Crippen molar-refractivity contribution in [2.45, 2.75) is 115 Å². The normalized spacial score (nSPS) is 17.5. The number of fused-ring (bicyclic) bond motifs is 1. The Morgan fingerprint density at radius 3 is 2.54 bits per heavy atom. The predicted molar refractivity (Wildman–Crippen MR) is 246 cm³/mol. The minimum absolute atomic E-state index is 0.00370. The highest BCUT2D eigenvalue weighted by atomic mass is 32.1. The van der Waals surface area contributed by atoms with Gasteiger partial charge in [-0.3, -0.25) is 19.3 Å². The summed E-state index contributed by atoms with van der Waals surface area (Å²) in [4.78, 5) is 59.4. The van der Waals surface area contributed by atoms with Crippen molar-refractivity contribution in [1.82, 2.24) is 25.0 Å². The topological polar surface area (TPSA) is 183 Å². The number of likely N-dealkylation sites (tertiary alicyclic amines) is 1. The second-order valence-electron chi connectivity index (χ2n) is 17.7. The molecular formula is C48H65F3N6O9S. The molecule has 4 heterocycles. The minimum atomic E-state index is -5.08. The number of halogens is 3. The maximum absolute atomic E-state index is 13.6. The number of hydrogen-bond donors (Lipinski definition) is 4. The molecular weight excluding hydrogens is 894 g/mol. The number of aryl methyl sites for hydroxylation is 1. The number of aliphatic carboxylic acids is 1. The molecule has 4 N–H and O–H groups in total. The van der Waals surface area contributed by atoms with Crippen LogP contribution in [-0.2, 0) is 49.7 Å². The lowest BCUT2D eigenvalue weighted by molar-refractivity contribution is -0.192. The number of piperidine rings is 1. The van der Waals surface area contributed by atoms with Gasteiger partial charge < -0.3 is 44.9 Å². The molecule has 7 rings (SSSR count). The molecule has 1 aliphatic carbocycles. The number of hydrogen-bond acceptors (Lipinski definition) is 12. The lowest BCUT2D eigenvalue weighted by atomic mass is 9.89. The zero-order valence-electron chi connectivity index (χ0n) is 38.4. The van der Waals surface area contributed by atoms with Crippen molar-refractivity contribution in [3.8, 4) is 11.5 Å². The number of carboxylic acid groups (broad SMARTS) is 1. The summed E-state index contributed by atoms with van der Waals surface area (Å²) < 4.78 is 49.8. The van der Waals surface area contributed by atoms with E-state index in [1.165, 1.54) is 17.5 Å². The molecule has 1 aromatic heterocycles. The maximum Gasteiger partial charge on any atom is 0.490 e. The Kier molecular flexibility index (Phi) is 19.2. The van der Waals surface area contributed by atoms with Gasteiger partial charge in [-0.2, -0.15) is 13.2 Å². The van der Waals surface area contributed by atoms with Gasteiger partial charge in [0, 0.05) is 45.3 Å². The SMILES string of the molecule is CCCCc1ncc(C(=O)N2CCOC3(CCN(Cc4cccc(CCOCCC(=O)N(CCNCCc5ccc(O)c6c5OCC(=O)N6)C5CCCCC5)c4)CC3)C2)s1.O=C(O)C(F)(F)F. The maximum atomic E-state index is 13.6. The monoisotopic (exact) mass is 958 g/mol. The number of carboxylic acids is 1. The number of anilines is 1. The van der Waals surface area contributed by atoms with Gasteiger partial charge in [0.1, 0.15) is 16.3 Å². The molecule has 2 aromatic carbocycles. The number of carbonyl (C=O) groups excluding carboxylic acids is 3. The highest BCUT2D eigenvalue weighted by Gasteiger charge is 2.41. The third-order valence-electron chi connectivity index (χ3n) is 12.7. The van der Waals surface area contributed by atoms with Crippen LogP contribution in [0.15, 0.2) is 42.6 Å². The van der Waals surface area contributed by atoms with Crippen molar-refractivity contribution in [1.29, 1.82) is 0 Å². The molecule has 0 atom stereocenters. The quantitative estimate of drug-likeness (QED) is 0.0747. The Labute approximate surface area is 394 Å². The number of nitrogens with zero attached hydrogens (tertiary/aromatic N) is 4. The summed E-state index contributed by atoms with van der Waals surface area (Å²) in [6, 6.07) is 12.4. The number of alkyl halides is 3. The number of benzene rings is 2. The van der Waals surface area contributed by atoms with E-state index in [1.54, 1.807) is 23.6 Å². The summed E-state index contributed by atoms with van der Waals surface area (Å²) in [5, 5.41) is 24.5. The first kappa shape index (κ1) is 51.6. The standard InChI is InChI=1S/C46H64N6O7S.C2HF3O2/c1-2-3-12-41-48-30-39(60-41)45(56)51-25-28-59-46(33-51)18-22-50(23-19-46)31-35-9-7-8-34(29-35)16-26-57-27-17-42(55)52(37-10-5-4-6-11-37)24-21-47-20-15-36-13-14-38(53)43-44(36)58-32-40(54)49-43;3-2(4,5)1(6)7/h7-9,13-14,29-30,37,47,53H,2-6,10-12,15-28,31-33H2,1H3,(H,49,54);(H,6,7). The van der Waals surface area contributed by atoms with Crippen LogP contribution < -0.4 is 15.4 Å². The van der Waals surface area contributed by atoms with Gasteiger partial charge in [0.15, 0.2) is 12.4 Å². The Bertz CT molecular complexity index is 2110. The van der Waals surface area contributed by atoms with E-state index in [0.29, 0.717) is 76.8 Å². The summed E-state index contributed by atoms with van der Waals surface area (Å²) in [6.45, 7) is 9.66. The number of amides is 3. The Balaban J connectivity index is 0.000000980. The van der Waals surface area contributed by atoms with Crippen molar-refractivity contribution in [3.05, 3.63) is 69.2 Å². The number of nitrogens with one attached hydrogen (secondary N) is 2. The number of unbranched alkanes of at least 4 members (excludes halogenated alkanes) is 1. The molecule has 0 unspecified atom stereocenters. The molecule has 67 heavy (non-hydrogen) atoms. The Morgan fingerprint density at radius 1 is 1.03 bits per heavy atom. The van der Waals surface area contributed by atoms with Gasteiger partial charge in [0.05, 0.1) is 49.6 Å².